The molecule has 1 saturated heterocycles. The Morgan fingerprint density at radius 1 is 1.41 bits per heavy atom. The number of rotatable bonds is 5. The first-order valence-electron chi connectivity index (χ1n) is 9.48. The number of hydrogen-bond donors (Lipinski definition) is 2. The summed E-state index contributed by atoms with van der Waals surface area (Å²) in [4.78, 5) is 25.3. The maximum absolute atomic E-state index is 12.6. The standard InChI is InChI=1S/C19H27N3O5/c1-19(7-3-2-4-17(19)23)13-20-15-6-5-14(12-16(15)22(25)26)18(24)21-8-10-27-11-9-21/h5-6,12,17,20,23H,2-4,7-11,13H2,1H3. The molecular weight excluding hydrogens is 350 g/mol. The van der Waals surface area contributed by atoms with Crippen molar-refractivity contribution in [2.24, 2.45) is 5.41 Å². The van der Waals surface area contributed by atoms with Crippen LogP contribution in [-0.4, -0.2) is 59.8 Å². The van der Waals surface area contributed by atoms with Gasteiger partial charge in [-0.15, -0.1) is 0 Å². The van der Waals surface area contributed by atoms with Crippen molar-refractivity contribution in [2.45, 2.75) is 38.7 Å². The Kier molecular flexibility index (Phi) is 5.96. The monoisotopic (exact) mass is 377 g/mol. The molecular formula is C19H27N3O5. The van der Waals surface area contributed by atoms with Gasteiger partial charge in [0.1, 0.15) is 5.69 Å². The van der Waals surface area contributed by atoms with Gasteiger partial charge in [0.2, 0.25) is 0 Å². The van der Waals surface area contributed by atoms with Crippen molar-refractivity contribution in [1.29, 1.82) is 0 Å². The van der Waals surface area contributed by atoms with Crippen LogP contribution >= 0.6 is 0 Å². The van der Waals surface area contributed by atoms with Crippen LogP contribution in [-0.2, 0) is 4.74 Å². The van der Waals surface area contributed by atoms with Crippen molar-refractivity contribution < 1.29 is 19.6 Å². The number of aliphatic hydroxyl groups excluding tert-OH is 1. The molecule has 1 amide bonds. The zero-order chi connectivity index (χ0) is 19.4. The molecule has 1 aromatic rings. The number of nitro groups is 1. The van der Waals surface area contributed by atoms with Gasteiger partial charge in [0.05, 0.1) is 24.2 Å². The van der Waals surface area contributed by atoms with Crippen LogP contribution < -0.4 is 5.32 Å². The fourth-order valence-electron chi connectivity index (χ4n) is 3.80. The second-order valence-electron chi connectivity index (χ2n) is 7.66. The fourth-order valence-corrected chi connectivity index (χ4v) is 3.80. The van der Waals surface area contributed by atoms with Crippen LogP contribution in [0, 0.1) is 15.5 Å². The van der Waals surface area contributed by atoms with Gasteiger partial charge in [-0.1, -0.05) is 19.8 Å². The van der Waals surface area contributed by atoms with Crippen molar-refractivity contribution in [2.75, 3.05) is 38.2 Å². The van der Waals surface area contributed by atoms with Gasteiger partial charge in [-0.2, -0.15) is 0 Å². The molecule has 2 atom stereocenters. The fraction of sp³-hybridized carbons (Fsp3) is 0.632. The summed E-state index contributed by atoms with van der Waals surface area (Å²) in [5.74, 6) is -0.220. The van der Waals surface area contributed by atoms with Gasteiger partial charge in [-0.25, -0.2) is 0 Å². The van der Waals surface area contributed by atoms with Gasteiger partial charge < -0.3 is 20.1 Å². The lowest BCUT2D eigenvalue weighted by molar-refractivity contribution is -0.384. The molecule has 1 saturated carbocycles. The molecule has 2 aliphatic rings. The van der Waals surface area contributed by atoms with E-state index in [2.05, 4.69) is 5.32 Å². The van der Waals surface area contributed by atoms with E-state index >= 15 is 0 Å². The highest BCUT2D eigenvalue weighted by atomic mass is 16.6. The molecule has 1 aromatic carbocycles. The molecule has 8 nitrogen and oxygen atoms in total. The SMILES string of the molecule is CC1(CNc2ccc(C(=O)N3CCOCC3)cc2[N+](=O)[O-])CCCCC1O. The second-order valence-corrected chi connectivity index (χ2v) is 7.66. The summed E-state index contributed by atoms with van der Waals surface area (Å²) < 4.78 is 5.24. The minimum atomic E-state index is -0.474. The average molecular weight is 377 g/mol. The Morgan fingerprint density at radius 3 is 2.81 bits per heavy atom. The lowest BCUT2D eigenvalue weighted by Gasteiger charge is -2.38. The third-order valence-electron chi connectivity index (χ3n) is 5.70. The van der Waals surface area contributed by atoms with E-state index in [-0.39, 0.29) is 17.0 Å². The molecule has 0 aromatic heterocycles. The summed E-state index contributed by atoms with van der Waals surface area (Å²) in [7, 11) is 0. The molecule has 0 radical (unpaired) electrons. The topological polar surface area (TPSA) is 105 Å². The summed E-state index contributed by atoms with van der Waals surface area (Å²) in [5.41, 5.74) is 0.243. The highest BCUT2D eigenvalue weighted by Gasteiger charge is 2.35. The summed E-state index contributed by atoms with van der Waals surface area (Å²) in [5, 5.41) is 25.0. The van der Waals surface area contributed by atoms with Crippen LogP contribution in [0.5, 0.6) is 0 Å². The summed E-state index contributed by atoms with van der Waals surface area (Å²) in [6.07, 6.45) is 3.27. The predicted molar refractivity (Wildman–Crippen MR) is 101 cm³/mol. The third-order valence-corrected chi connectivity index (χ3v) is 5.70. The van der Waals surface area contributed by atoms with Crippen molar-refractivity contribution in [3.8, 4) is 0 Å². The predicted octanol–water partition coefficient (Wildman–Crippen LogP) is 2.42. The van der Waals surface area contributed by atoms with Crippen LogP contribution in [0.2, 0.25) is 0 Å². The molecule has 148 valence electrons. The number of anilines is 1. The minimum Gasteiger partial charge on any atom is -0.392 e. The molecule has 2 fully saturated rings. The summed E-state index contributed by atoms with van der Waals surface area (Å²) in [6.45, 7) is 4.40. The van der Waals surface area contributed by atoms with Crippen molar-refractivity contribution >= 4 is 17.3 Å². The first-order valence-corrected chi connectivity index (χ1v) is 9.48. The number of aliphatic hydroxyl groups is 1. The van der Waals surface area contributed by atoms with Gasteiger partial charge >= 0.3 is 0 Å². The van der Waals surface area contributed by atoms with E-state index < -0.39 is 11.0 Å². The number of morpholine rings is 1. The van der Waals surface area contributed by atoms with Gasteiger partial charge in [0.15, 0.2) is 0 Å². The highest BCUT2D eigenvalue weighted by Crippen LogP contribution is 2.37. The molecule has 2 N–H and O–H groups in total. The van der Waals surface area contributed by atoms with E-state index in [1.807, 2.05) is 6.92 Å². The maximum atomic E-state index is 12.6. The Hall–Kier alpha value is -2.19. The highest BCUT2D eigenvalue weighted by molar-refractivity contribution is 5.95. The maximum Gasteiger partial charge on any atom is 0.293 e. The van der Waals surface area contributed by atoms with E-state index in [4.69, 9.17) is 4.74 Å². The second kappa shape index (κ2) is 8.22. The number of nitro benzene ring substituents is 1. The molecule has 1 heterocycles. The molecule has 1 aliphatic carbocycles. The van der Waals surface area contributed by atoms with Crippen molar-refractivity contribution in [3.63, 3.8) is 0 Å². The van der Waals surface area contributed by atoms with Crippen LogP contribution in [0.3, 0.4) is 0 Å². The normalized spacial score (nSPS) is 25.9. The number of ether oxygens (including phenoxy) is 1. The largest absolute Gasteiger partial charge is 0.392 e. The number of benzene rings is 1. The first-order chi connectivity index (χ1) is 12.9. The first kappa shape index (κ1) is 19.6. The number of amides is 1. The van der Waals surface area contributed by atoms with Crippen molar-refractivity contribution in [3.05, 3.63) is 33.9 Å². The molecule has 0 bridgehead atoms. The molecule has 1 aliphatic heterocycles. The summed E-state index contributed by atoms with van der Waals surface area (Å²) in [6, 6.07) is 4.54. The molecule has 27 heavy (non-hydrogen) atoms. The zero-order valence-electron chi connectivity index (χ0n) is 15.6. The van der Waals surface area contributed by atoms with E-state index in [0.29, 0.717) is 44.1 Å². The number of carbonyl (C=O) groups is 1. The lowest BCUT2D eigenvalue weighted by Crippen LogP contribution is -2.41. The Morgan fingerprint density at radius 2 is 2.15 bits per heavy atom. The number of nitrogens with one attached hydrogen (secondary N) is 1. The van der Waals surface area contributed by atoms with Gasteiger partial charge in [-0.3, -0.25) is 14.9 Å². The molecule has 0 spiro atoms. The number of carbonyl (C=O) groups excluding carboxylic acids is 1. The Bertz CT molecular complexity index is 705. The molecule has 3 rings (SSSR count). The van der Waals surface area contributed by atoms with E-state index in [9.17, 15) is 20.0 Å². The Balaban J connectivity index is 1.75. The Labute approximate surface area is 158 Å². The van der Waals surface area contributed by atoms with Crippen LogP contribution in [0.15, 0.2) is 18.2 Å². The third kappa shape index (κ3) is 4.39. The minimum absolute atomic E-state index is 0.122. The smallest absolute Gasteiger partial charge is 0.293 e. The van der Waals surface area contributed by atoms with E-state index in [1.54, 1.807) is 17.0 Å². The van der Waals surface area contributed by atoms with E-state index in [0.717, 1.165) is 25.7 Å². The lowest BCUT2D eigenvalue weighted by atomic mass is 9.73. The molecule has 2 unspecified atom stereocenters. The van der Waals surface area contributed by atoms with Gasteiger partial charge in [0, 0.05) is 36.7 Å². The van der Waals surface area contributed by atoms with Crippen LogP contribution in [0.4, 0.5) is 11.4 Å². The summed E-state index contributed by atoms with van der Waals surface area (Å²) >= 11 is 0. The quantitative estimate of drug-likeness (QED) is 0.603. The van der Waals surface area contributed by atoms with Gasteiger partial charge in [0.25, 0.3) is 11.6 Å². The van der Waals surface area contributed by atoms with Gasteiger partial charge in [-0.05, 0) is 25.0 Å². The van der Waals surface area contributed by atoms with Crippen LogP contribution in [0.1, 0.15) is 43.0 Å². The number of nitrogens with zero attached hydrogens (tertiary/aromatic N) is 2. The zero-order valence-corrected chi connectivity index (χ0v) is 15.6. The average Bonchev–Trinajstić information content (AvgIpc) is 2.69. The van der Waals surface area contributed by atoms with E-state index in [1.165, 1.54) is 6.07 Å². The van der Waals surface area contributed by atoms with Crippen molar-refractivity contribution in [1.82, 2.24) is 4.90 Å². The number of hydrogen-bond acceptors (Lipinski definition) is 6. The van der Waals surface area contributed by atoms with Crippen LogP contribution in [0.25, 0.3) is 0 Å². The molecule has 8 heteroatoms.